The zero-order valence-electron chi connectivity index (χ0n) is 9.40. The van der Waals surface area contributed by atoms with Crippen LogP contribution in [0.15, 0.2) is 0 Å². The largest absolute Gasteiger partial charge is 0.368 e. The summed E-state index contributed by atoms with van der Waals surface area (Å²) in [5.74, 6) is 0.0115. The van der Waals surface area contributed by atoms with Crippen molar-refractivity contribution < 1.29 is 9.53 Å². The van der Waals surface area contributed by atoms with Crippen LogP contribution >= 0.6 is 0 Å². The van der Waals surface area contributed by atoms with E-state index in [2.05, 4.69) is 6.07 Å². The summed E-state index contributed by atoms with van der Waals surface area (Å²) < 4.78 is 5.42. The predicted octanol–water partition coefficient (Wildman–Crippen LogP) is 1.32. The molecule has 0 bridgehead atoms. The molecule has 0 saturated carbocycles. The summed E-state index contributed by atoms with van der Waals surface area (Å²) in [5, 5.41) is 8.56. The molecule has 2 unspecified atom stereocenters. The van der Waals surface area contributed by atoms with Crippen molar-refractivity contribution in [1.29, 1.82) is 5.26 Å². The van der Waals surface area contributed by atoms with Gasteiger partial charge in [-0.25, -0.2) is 0 Å². The molecule has 2 atom stereocenters. The maximum atomic E-state index is 11.9. The number of carbonyl (C=O) groups excluding carboxylic acids is 1. The Balaban J connectivity index is 2.47. The Morgan fingerprint density at radius 3 is 2.93 bits per heavy atom. The molecule has 1 aliphatic heterocycles. The molecular weight excluding hydrogens is 192 g/mol. The third kappa shape index (κ3) is 3.21. The molecule has 4 heteroatoms. The first-order valence-electron chi connectivity index (χ1n) is 5.42. The molecule has 4 nitrogen and oxygen atoms in total. The van der Waals surface area contributed by atoms with Gasteiger partial charge in [-0.3, -0.25) is 4.79 Å². The van der Waals surface area contributed by atoms with Crippen LogP contribution < -0.4 is 0 Å². The first-order valence-corrected chi connectivity index (χ1v) is 5.42. The van der Waals surface area contributed by atoms with Gasteiger partial charge in [-0.15, -0.1) is 0 Å². The van der Waals surface area contributed by atoms with Crippen LogP contribution in [-0.2, 0) is 9.53 Å². The van der Waals surface area contributed by atoms with Gasteiger partial charge in [0.2, 0.25) is 0 Å². The second-order valence-corrected chi connectivity index (χ2v) is 4.02. The van der Waals surface area contributed by atoms with Gasteiger partial charge >= 0.3 is 0 Å². The molecule has 0 aromatic heterocycles. The van der Waals surface area contributed by atoms with E-state index in [4.69, 9.17) is 10.00 Å². The predicted molar refractivity (Wildman–Crippen MR) is 56.1 cm³/mol. The summed E-state index contributed by atoms with van der Waals surface area (Å²) in [5.41, 5.74) is 0. The van der Waals surface area contributed by atoms with Gasteiger partial charge in [-0.05, 0) is 26.2 Å². The van der Waals surface area contributed by atoms with Crippen molar-refractivity contribution in [2.75, 3.05) is 13.7 Å². The fourth-order valence-electron chi connectivity index (χ4n) is 1.65. The summed E-state index contributed by atoms with van der Waals surface area (Å²) >= 11 is 0. The van der Waals surface area contributed by atoms with Crippen LogP contribution in [0.1, 0.15) is 32.6 Å². The summed E-state index contributed by atoms with van der Waals surface area (Å²) in [6.45, 7) is 2.56. The second kappa shape index (κ2) is 5.72. The summed E-state index contributed by atoms with van der Waals surface area (Å²) in [6.07, 6.45) is 2.99. The van der Waals surface area contributed by atoms with Gasteiger partial charge in [0.15, 0.2) is 0 Å². The Kier molecular flexibility index (Phi) is 4.57. The zero-order chi connectivity index (χ0) is 11.3. The molecule has 1 fully saturated rings. The highest BCUT2D eigenvalue weighted by Gasteiger charge is 2.27. The van der Waals surface area contributed by atoms with Gasteiger partial charge in [0.05, 0.1) is 12.5 Å². The smallest absolute Gasteiger partial charge is 0.251 e. The van der Waals surface area contributed by atoms with E-state index in [0.717, 1.165) is 19.3 Å². The minimum atomic E-state index is -0.287. The molecule has 0 aromatic carbocycles. The highest BCUT2D eigenvalue weighted by molar-refractivity contribution is 5.81. The molecule has 0 aliphatic carbocycles. The van der Waals surface area contributed by atoms with Crippen LogP contribution in [-0.4, -0.2) is 36.6 Å². The van der Waals surface area contributed by atoms with Gasteiger partial charge < -0.3 is 9.64 Å². The number of hydrogen-bond donors (Lipinski definition) is 0. The first-order chi connectivity index (χ1) is 7.16. The fraction of sp³-hybridized carbons (Fsp3) is 0.818. The van der Waals surface area contributed by atoms with Crippen molar-refractivity contribution in [2.45, 2.75) is 44.8 Å². The highest BCUT2D eigenvalue weighted by Crippen LogP contribution is 2.16. The number of likely N-dealkylation sites (N-methyl/N-ethyl adjacent to an activating group) is 1. The average Bonchev–Trinajstić information content (AvgIpc) is 2.28. The van der Waals surface area contributed by atoms with E-state index in [1.807, 2.05) is 6.92 Å². The van der Waals surface area contributed by atoms with Crippen molar-refractivity contribution in [3.63, 3.8) is 0 Å². The fourth-order valence-corrected chi connectivity index (χ4v) is 1.65. The number of amides is 1. The lowest BCUT2D eigenvalue weighted by Crippen LogP contribution is -2.43. The topological polar surface area (TPSA) is 53.3 Å². The average molecular weight is 210 g/mol. The quantitative estimate of drug-likeness (QED) is 0.705. The monoisotopic (exact) mass is 210 g/mol. The maximum Gasteiger partial charge on any atom is 0.251 e. The Labute approximate surface area is 90.8 Å². The molecule has 1 amide bonds. The van der Waals surface area contributed by atoms with Crippen molar-refractivity contribution in [3.05, 3.63) is 0 Å². The van der Waals surface area contributed by atoms with Crippen LogP contribution in [0.25, 0.3) is 0 Å². The zero-order valence-corrected chi connectivity index (χ0v) is 9.40. The van der Waals surface area contributed by atoms with Gasteiger partial charge in [-0.2, -0.15) is 5.26 Å². The van der Waals surface area contributed by atoms with Gasteiger partial charge in [-0.1, -0.05) is 0 Å². The first kappa shape index (κ1) is 12.0. The lowest BCUT2D eigenvalue weighted by atomic mass is 10.1. The van der Waals surface area contributed by atoms with Crippen LogP contribution in [0.2, 0.25) is 0 Å². The van der Waals surface area contributed by atoms with Crippen LogP contribution in [0.4, 0.5) is 0 Å². The molecule has 0 aromatic rings. The number of hydrogen-bond acceptors (Lipinski definition) is 3. The molecule has 0 spiro atoms. The van der Waals surface area contributed by atoms with Crippen molar-refractivity contribution in [1.82, 2.24) is 4.90 Å². The summed E-state index contributed by atoms with van der Waals surface area (Å²) in [4.78, 5) is 13.5. The van der Waals surface area contributed by atoms with E-state index in [1.165, 1.54) is 0 Å². The molecule has 1 rings (SSSR count). The summed E-state index contributed by atoms with van der Waals surface area (Å²) in [7, 11) is 1.74. The Morgan fingerprint density at radius 2 is 2.40 bits per heavy atom. The third-order valence-electron chi connectivity index (χ3n) is 2.85. The van der Waals surface area contributed by atoms with E-state index in [1.54, 1.807) is 11.9 Å². The van der Waals surface area contributed by atoms with Gasteiger partial charge in [0.1, 0.15) is 6.10 Å². The molecule has 0 radical (unpaired) electrons. The Hall–Kier alpha value is -1.08. The molecule has 1 aliphatic rings. The molecule has 0 N–H and O–H groups in total. The Morgan fingerprint density at radius 1 is 1.67 bits per heavy atom. The normalized spacial score (nSPS) is 22.9. The van der Waals surface area contributed by atoms with Crippen LogP contribution in [0.3, 0.4) is 0 Å². The van der Waals surface area contributed by atoms with Crippen molar-refractivity contribution in [2.24, 2.45) is 0 Å². The van der Waals surface area contributed by atoms with E-state index in [-0.39, 0.29) is 18.1 Å². The molecule has 15 heavy (non-hydrogen) atoms. The lowest BCUT2D eigenvalue weighted by molar-refractivity contribution is -0.146. The molecule has 84 valence electrons. The molecule has 1 heterocycles. The molecular formula is C11H18N2O2. The van der Waals surface area contributed by atoms with E-state index >= 15 is 0 Å². The number of nitrogens with zero attached hydrogens (tertiary/aromatic N) is 2. The van der Waals surface area contributed by atoms with Crippen LogP contribution in [0.5, 0.6) is 0 Å². The molecule has 1 saturated heterocycles. The standard InChI is InChI=1S/C11H18N2O2/c1-9(6-7-12)13(2)11(14)10-5-3-4-8-15-10/h9-10H,3-6,8H2,1-2H3. The third-order valence-corrected chi connectivity index (χ3v) is 2.85. The number of ether oxygens (including phenoxy) is 1. The Bertz CT molecular complexity index is 254. The number of carbonyl (C=O) groups is 1. The maximum absolute atomic E-state index is 11.9. The minimum Gasteiger partial charge on any atom is -0.368 e. The number of rotatable bonds is 3. The van der Waals surface area contributed by atoms with Crippen LogP contribution in [0, 0.1) is 11.3 Å². The van der Waals surface area contributed by atoms with E-state index in [0.29, 0.717) is 13.0 Å². The highest BCUT2D eigenvalue weighted by atomic mass is 16.5. The summed E-state index contributed by atoms with van der Waals surface area (Å²) in [6, 6.07) is 2.04. The minimum absolute atomic E-state index is 0.0115. The van der Waals surface area contributed by atoms with E-state index in [9.17, 15) is 4.79 Å². The SMILES string of the molecule is CC(CC#N)N(C)C(=O)C1CCCCO1. The van der Waals surface area contributed by atoms with Gasteiger partial charge in [0.25, 0.3) is 5.91 Å². The van der Waals surface area contributed by atoms with E-state index < -0.39 is 0 Å². The van der Waals surface area contributed by atoms with Crippen molar-refractivity contribution >= 4 is 5.91 Å². The van der Waals surface area contributed by atoms with Crippen molar-refractivity contribution in [3.8, 4) is 6.07 Å². The number of nitriles is 1. The lowest BCUT2D eigenvalue weighted by Gasteiger charge is -2.29. The second-order valence-electron chi connectivity index (χ2n) is 4.02. The van der Waals surface area contributed by atoms with Gasteiger partial charge in [0, 0.05) is 19.7 Å².